The van der Waals surface area contributed by atoms with Crippen LogP contribution in [0.3, 0.4) is 0 Å². The maximum absolute atomic E-state index is 4.76. The van der Waals surface area contributed by atoms with Crippen molar-refractivity contribution >= 4 is 0 Å². The number of nitrogens with zero attached hydrogens (tertiary/aromatic N) is 2. The van der Waals surface area contributed by atoms with Gasteiger partial charge in [0.25, 0.3) is 0 Å². The number of aromatic nitrogens is 2. The second kappa shape index (κ2) is 7.07. The van der Waals surface area contributed by atoms with Crippen molar-refractivity contribution < 1.29 is 0 Å². The SMILES string of the molecule is C1=CCC(CNCc2ccn(C3CCCCC3)n2)CC1. The molecule has 1 fully saturated rings. The minimum absolute atomic E-state index is 0.654. The molecule has 110 valence electrons. The summed E-state index contributed by atoms with van der Waals surface area (Å²) in [5, 5.41) is 8.33. The van der Waals surface area contributed by atoms with Crippen LogP contribution in [0.2, 0.25) is 0 Å². The average molecular weight is 273 g/mol. The smallest absolute Gasteiger partial charge is 0.0762 e. The zero-order chi connectivity index (χ0) is 13.6. The Bertz CT molecular complexity index is 429. The van der Waals surface area contributed by atoms with Crippen molar-refractivity contribution in [1.82, 2.24) is 15.1 Å². The molecular weight excluding hydrogens is 246 g/mol. The first-order chi connectivity index (χ1) is 9.92. The van der Waals surface area contributed by atoms with Crippen molar-refractivity contribution in [3.05, 3.63) is 30.1 Å². The largest absolute Gasteiger partial charge is 0.311 e. The second-order valence-electron chi connectivity index (χ2n) is 6.36. The first-order valence-corrected chi connectivity index (χ1v) is 8.31. The van der Waals surface area contributed by atoms with E-state index in [9.17, 15) is 0 Å². The monoisotopic (exact) mass is 273 g/mol. The normalized spacial score (nSPS) is 24.1. The minimum Gasteiger partial charge on any atom is -0.311 e. The summed E-state index contributed by atoms with van der Waals surface area (Å²) < 4.78 is 2.21. The van der Waals surface area contributed by atoms with E-state index in [2.05, 4.69) is 34.4 Å². The molecule has 1 aromatic heterocycles. The van der Waals surface area contributed by atoms with Gasteiger partial charge in [-0.1, -0.05) is 31.4 Å². The maximum Gasteiger partial charge on any atom is 0.0762 e. The van der Waals surface area contributed by atoms with E-state index in [1.807, 2.05) is 0 Å². The van der Waals surface area contributed by atoms with Crippen LogP contribution < -0.4 is 5.32 Å². The number of nitrogens with one attached hydrogen (secondary N) is 1. The minimum atomic E-state index is 0.654. The van der Waals surface area contributed by atoms with E-state index in [4.69, 9.17) is 5.10 Å². The molecule has 2 aliphatic carbocycles. The van der Waals surface area contributed by atoms with Crippen LogP contribution in [-0.2, 0) is 6.54 Å². The van der Waals surface area contributed by atoms with Gasteiger partial charge in [-0.05, 0) is 50.6 Å². The van der Waals surface area contributed by atoms with Gasteiger partial charge in [0.05, 0.1) is 11.7 Å². The lowest BCUT2D eigenvalue weighted by Crippen LogP contribution is -2.23. The molecule has 0 bridgehead atoms. The molecule has 20 heavy (non-hydrogen) atoms. The quantitative estimate of drug-likeness (QED) is 0.826. The van der Waals surface area contributed by atoms with Crippen LogP contribution in [0.1, 0.15) is 63.1 Å². The van der Waals surface area contributed by atoms with Crippen molar-refractivity contribution in [1.29, 1.82) is 0 Å². The molecule has 0 saturated heterocycles. The molecule has 1 aromatic rings. The Balaban J connectivity index is 1.43. The molecule has 1 unspecified atom stereocenters. The molecule has 0 radical (unpaired) electrons. The molecule has 3 nitrogen and oxygen atoms in total. The van der Waals surface area contributed by atoms with Gasteiger partial charge < -0.3 is 5.32 Å². The fourth-order valence-corrected chi connectivity index (χ4v) is 3.47. The molecule has 0 aromatic carbocycles. The van der Waals surface area contributed by atoms with E-state index in [0.29, 0.717) is 6.04 Å². The predicted octanol–water partition coefficient (Wildman–Crippen LogP) is 3.83. The highest BCUT2D eigenvalue weighted by atomic mass is 15.3. The number of allylic oxidation sites excluding steroid dienone is 2. The summed E-state index contributed by atoms with van der Waals surface area (Å²) in [6.07, 6.45) is 17.4. The van der Waals surface area contributed by atoms with E-state index >= 15 is 0 Å². The zero-order valence-corrected chi connectivity index (χ0v) is 12.4. The van der Waals surface area contributed by atoms with Crippen LogP contribution in [0.15, 0.2) is 24.4 Å². The molecule has 3 rings (SSSR count). The lowest BCUT2D eigenvalue weighted by atomic mass is 9.94. The van der Waals surface area contributed by atoms with Gasteiger partial charge in [0.1, 0.15) is 0 Å². The molecule has 1 atom stereocenters. The molecule has 3 heteroatoms. The van der Waals surface area contributed by atoms with Gasteiger partial charge in [-0.2, -0.15) is 5.10 Å². The van der Waals surface area contributed by atoms with Crippen molar-refractivity contribution in [2.75, 3.05) is 6.54 Å². The first kappa shape index (κ1) is 13.9. The fourth-order valence-electron chi connectivity index (χ4n) is 3.47. The van der Waals surface area contributed by atoms with Gasteiger partial charge in [0, 0.05) is 12.7 Å². The Morgan fingerprint density at radius 1 is 1.15 bits per heavy atom. The number of rotatable bonds is 5. The van der Waals surface area contributed by atoms with Crippen LogP contribution in [-0.4, -0.2) is 16.3 Å². The second-order valence-corrected chi connectivity index (χ2v) is 6.36. The Hall–Kier alpha value is -1.09. The Kier molecular flexibility index (Phi) is 4.91. The standard InChI is InChI=1S/C17H27N3/c1-3-7-15(8-4-1)13-18-14-16-11-12-20(19-16)17-9-5-2-6-10-17/h1,3,11-12,15,17-18H,2,4-10,13-14H2. The summed E-state index contributed by atoms with van der Waals surface area (Å²) in [6, 6.07) is 2.84. The van der Waals surface area contributed by atoms with Crippen molar-refractivity contribution in [2.24, 2.45) is 5.92 Å². The molecule has 0 spiro atoms. The van der Waals surface area contributed by atoms with E-state index in [1.54, 1.807) is 0 Å². The maximum atomic E-state index is 4.76. The van der Waals surface area contributed by atoms with Gasteiger partial charge in [-0.25, -0.2) is 0 Å². The van der Waals surface area contributed by atoms with Crippen molar-refractivity contribution in [2.45, 2.75) is 64.0 Å². The Morgan fingerprint density at radius 2 is 2.05 bits per heavy atom. The number of hydrogen-bond donors (Lipinski definition) is 1. The lowest BCUT2D eigenvalue weighted by Gasteiger charge is -2.21. The van der Waals surface area contributed by atoms with Crippen LogP contribution in [0, 0.1) is 5.92 Å². The van der Waals surface area contributed by atoms with Gasteiger partial charge in [-0.15, -0.1) is 0 Å². The average Bonchev–Trinajstić information content (AvgIpc) is 2.98. The summed E-state index contributed by atoms with van der Waals surface area (Å²) >= 11 is 0. The third-order valence-corrected chi connectivity index (χ3v) is 4.73. The van der Waals surface area contributed by atoms with Gasteiger partial charge in [0.2, 0.25) is 0 Å². The summed E-state index contributed by atoms with van der Waals surface area (Å²) in [5.74, 6) is 0.820. The molecule has 1 N–H and O–H groups in total. The van der Waals surface area contributed by atoms with Crippen LogP contribution in [0.25, 0.3) is 0 Å². The lowest BCUT2D eigenvalue weighted by molar-refractivity contribution is 0.327. The van der Waals surface area contributed by atoms with Gasteiger partial charge >= 0.3 is 0 Å². The van der Waals surface area contributed by atoms with Crippen LogP contribution in [0.4, 0.5) is 0 Å². The van der Waals surface area contributed by atoms with Crippen molar-refractivity contribution in [3.63, 3.8) is 0 Å². The Labute approximate surface area is 122 Å². The van der Waals surface area contributed by atoms with Gasteiger partial charge in [-0.3, -0.25) is 4.68 Å². The molecule has 1 heterocycles. The predicted molar refractivity (Wildman–Crippen MR) is 82.5 cm³/mol. The highest BCUT2D eigenvalue weighted by Gasteiger charge is 2.16. The molecule has 1 saturated carbocycles. The highest BCUT2D eigenvalue weighted by Crippen LogP contribution is 2.27. The highest BCUT2D eigenvalue weighted by molar-refractivity contribution is 5.00. The summed E-state index contributed by atoms with van der Waals surface area (Å²) in [5.41, 5.74) is 1.20. The summed E-state index contributed by atoms with van der Waals surface area (Å²) in [4.78, 5) is 0. The fraction of sp³-hybridized carbons (Fsp3) is 0.706. The molecule has 0 amide bonds. The van der Waals surface area contributed by atoms with Gasteiger partial charge in [0.15, 0.2) is 0 Å². The third kappa shape index (κ3) is 3.72. The van der Waals surface area contributed by atoms with E-state index in [-0.39, 0.29) is 0 Å². The van der Waals surface area contributed by atoms with Crippen molar-refractivity contribution in [3.8, 4) is 0 Å². The molecule has 0 aliphatic heterocycles. The zero-order valence-electron chi connectivity index (χ0n) is 12.4. The van der Waals surface area contributed by atoms with E-state index < -0.39 is 0 Å². The van der Waals surface area contributed by atoms with E-state index in [0.717, 1.165) is 19.0 Å². The number of hydrogen-bond acceptors (Lipinski definition) is 2. The van der Waals surface area contributed by atoms with Crippen LogP contribution in [0.5, 0.6) is 0 Å². The van der Waals surface area contributed by atoms with Crippen LogP contribution >= 0.6 is 0 Å². The topological polar surface area (TPSA) is 29.9 Å². The third-order valence-electron chi connectivity index (χ3n) is 4.73. The summed E-state index contributed by atoms with van der Waals surface area (Å²) in [7, 11) is 0. The molecule has 2 aliphatic rings. The summed E-state index contributed by atoms with van der Waals surface area (Å²) in [6.45, 7) is 2.04. The molecular formula is C17H27N3. The Morgan fingerprint density at radius 3 is 2.85 bits per heavy atom. The van der Waals surface area contributed by atoms with E-state index in [1.165, 1.54) is 57.1 Å². The first-order valence-electron chi connectivity index (χ1n) is 8.31.